The predicted molar refractivity (Wildman–Crippen MR) is 44.6 cm³/mol. The summed E-state index contributed by atoms with van der Waals surface area (Å²) in [6, 6.07) is 0. The predicted octanol–water partition coefficient (Wildman–Crippen LogP) is 0.820. The van der Waals surface area contributed by atoms with Gasteiger partial charge in [-0.2, -0.15) is 10.2 Å². The summed E-state index contributed by atoms with van der Waals surface area (Å²) < 4.78 is 0.832. The molecule has 5 nitrogen and oxygen atoms in total. The number of nitrogens with zero attached hydrogens (tertiary/aromatic N) is 5. The maximum Gasteiger partial charge on any atom is 0.268 e. The van der Waals surface area contributed by atoms with Crippen LogP contribution in [0.25, 0.3) is 5.95 Å². The largest absolute Gasteiger partial charge is 0.268 e. The van der Waals surface area contributed by atoms with E-state index in [0.717, 1.165) is 4.47 Å². The van der Waals surface area contributed by atoms with Crippen molar-refractivity contribution in [1.82, 2.24) is 25.0 Å². The second-order valence-electron chi connectivity index (χ2n) is 2.02. The number of aromatic nitrogens is 5. The van der Waals surface area contributed by atoms with Gasteiger partial charge in [0.2, 0.25) is 0 Å². The van der Waals surface area contributed by atoms with Gasteiger partial charge in [-0.1, -0.05) is 0 Å². The highest BCUT2D eigenvalue weighted by molar-refractivity contribution is 9.10. The number of hydrogen-bond acceptors (Lipinski definition) is 4. The molecule has 12 heavy (non-hydrogen) atoms. The van der Waals surface area contributed by atoms with Gasteiger partial charge in [-0.25, -0.2) is 9.97 Å². The van der Waals surface area contributed by atoms with Crippen LogP contribution in [0.3, 0.4) is 0 Å². The molecule has 0 aliphatic carbocycles. The van der Waals surface area contributed by atoms with Crippen molar-refractivity contribution in [3.8, 4) is 5.95 Å². The zero-order chi connectivity index (χ0) is 8.39. The Morgan fingerprint density at radius 3 is 2.25 bits per heavy atom. The Balaban J connectivity index is 2.43. The number of halogens is 1. The molecule has 0 aromatic carbocycles. The topological polar surface area (TPSA) is 56.5 Å². The van der Waals surface area contributed by atoms with Gasteiger partial charge in [0.05, 0.1) is 16.9 Å². The molecule has 0 saturated heterocycles. The third-order valence-corrected chi connectivity index (χ3v) is 1.61. The van der Waals surface area contributed by atoms with Crippen molar-refractivity contribution < 1.29 is 0 Å². The van der Waals surface area contributed by atoms with Crippen LogP contribution in [0.15, 0.2) is 29.3 Å². The SMILES string of the molecule is Brc1cnc(-n2nccn2)nc1. The number of rotatable bonds is 1. The van der Waals surface area contributed by atoms with Crippen LogP contribution in [0.5, 0.6) is 0 Å². The molecule has 0 aliphatic rings. The fourth-order valence-corrected chi connectivity index (χ4v) is 0.933. The molecule has 0 spiro atoms. The molecule has 0 fully saturated rings. The van der Waals surface area contributed by atoms with E-state index >= 15 is 0 Å². The van der Waals surface area contributed by atoms with Crippen LogP contribution in [-0.2, 0) is 0 Å². The van der Waals surface area contributed by atoms with E-state index in [-0.39, 0.29) is 0 Å². The fraction of sp³-hybridized carbons (Fsp3) is 0. The van der Waals surface area contributed by atoms with E-state index in [1.165, 1.54) is 4.80 Å². The smallest absolute Gasteiger partial charge is 0.217 e. The van der Waals surface area contributed by atoms with Crippen LogP contribution < -0.4 is 0 Å². The second kappa shape index (κ2) is 2.98. The third kappa shape index (κ3) is 1.33. The number of hydrogen-bond donors (Lipinski definition) is 0. The lowest BCUT2D eigenvalue weighted by Gasteiger charge is -1.95. The Kier molecular flexibility index (Phi) is 1.83. The fourth-order valence-electron chi connectivity index (χ4n) is 0.728. The summed E-state index contributed by atoms with van der Waals surface area (Å²) in [6.45, 7) is 0. The first-order valence-electron chi connectivity index (χ1n) is 3.20. The molecule has 0 radical (unpaired) electrons. The molecule has 0 atom stereocenters. The monoisotopic (exact) mass is 225 g/mol. The minimum atomic E-state index is 0.461. The molecule has 0 amide bonds. The quantitative estimate of drug-likeness (QED) is 0.722. The van der Waals surface area contributed by atoms with Crippen LogP contribution in [0.1, 0.15) is 0 Å². The van der Waals surface area contributed by atoms with Gasteiger partial charge in [-0.15, -0.1) is 4.80 Å². The molecule has 0 aliphatic heterocycles. The summed E-state index contributed by atoms with van der Waals surface area (Å²) in [5.74, 6) is 0.461. The molecular formula is C6H4BrN5. The highest BCUT2D eigenvalue weighted by Gasteiger charge is 1.98. The van der Waals surface area contributed by atoms with Gasteiger partial charge in [0.15, 0.2) is 0 Å². The van der Waals surface area contributed by atoms with E-state index in [9.17, 15) is 0 Å². The minimum absolute atomic E-state index is 0.461. The van der Waals surface area contributed by atoms with E-state index in [1.807, 2.05) is 0 Å². The summed E-state index contributed by atoms with van der Waals surface area (Å²) in [4.78, 5) is 9.36. The first-order valence-corrected chi connectivity index (χ1v) is 4.00. The van der Waals surface area contributed by atoms with Crippen LogP contribution >= 0.6 is 15.9 Å². The Labute approximate surface area is 76.6 Å². The van der Waals surface area contributed by atoms with Crippen molar-refractivity contribution in [3.63, 3.8) is 0 Å². The van der Waals surface area contributed by atoms with Crippen LogP contribution in [0, 0.1) is 0 Å². The first-order chi connectivity index (χ1) is 5.86. The molecule has 0 unspecified atom stereocenters. The summed E-state index contributed by atoms with van der Waals surface area (Å²) >= 11 is 3.23. The third-order valence-electron chi connectivity index (χ3n) is 1.20. The maximum atomic E-state index is 4.00. The molecule has 2 aromatic rings. The van der Waals surface area contributed by atoms with Crippen molar-refractivity contribution in [2.45, 2.75) is 0 Å². The second-order valence-corrected chi connectivity index (χ2v) is 2.94. The standard InChI is InChI=1S/C6H4BrN5/c7-5-3-8-6(9-4-5)12-10-1-2-11-12/h1-4H. The van der Waals surface area contributed by atoms with E-state index in [0.29, 0.717) is 5.95 Å². The Hall–Kier alpha value is -1.30. The van der Waals surface area contributed by atoms with Gasteiger partial charge in [-0.3, -0.25) is 0 Å². The highest BCUT2D eigenvalue weighted by Crippen LogP contribution is 2.05. The molecule has 0 saturated carbocycles. The minimum Gasteiger partial charge on any atom is -0.217 e. The normalized spacial score (nSPS) is 10.1. The summed E-state index contributed by atoms with van der Waals surface area (Å²) in [7, 11) is 0. The van der Waals surface area contributed by atoms with E-state index in [4.69, 9.17) is 0 Å². The van der Waals surface area contributed by atoms with Crippen molar-refractivity contribution in [1.29, 1.82) is 0 Å². The van der Waals surface area contributed by atoms with E-state index in [2.05, 4.69) is 36.1 Å². The lowest BCUT2D eigenvalue weighted by atomic mass is 10.7. The molecule has 6 heteroatoms. The van der Waals surface area contributed by atoms with E-state index < -0.39 is 0 Å². The average molecular weight is 226 g/mol. The molecule has 2 aromatic heterocycles. The van der Waals surface area contributed by atoms with Crippen molar-refractivity contribution >= 4 is 15.9 Å². The van der Waals surface area contributed by atoms with Gasteiger partial charge in [0.25, 0.3) is 5.95 Å². The Bertz CT molecular complexity index is 354. The van der Waals surface area contributed by atoms with Gasteiger partial charge >= 0.3 is 0 Å². The van der Waals surface area contributed by atoms with Crippen LogP contribution in [0.4, 0.5) is 0 Å². The van der Waals surface area contributed by atoms with Gasteiger partial charge in [0, 0.05) is 12.4 Å². The lowest BCUT2D eigenvalue weighted by Crippen LogP contribution is -2.03. The molecule has 0 N–H and O–H groups in total. The molecular weight excluding hydrogens is 222 g/mol. The summed E-state index contributed by atoms with van der Waals surface area (Å²) in [6.07, 6.45) is 6.44. The molecule has 0 bridgehead atoms. The van der Waals surface area contributed by atoms with Crippen molar-refractivity contribution in [3.05, 3.63) is 29.3 Å². The summed E-state index contributed by atoms with van der Waals surface area (Å²) in [5.41, 5.74) is 0. The molecule has 60 valence electrons. The van der Waals surface area contributed by atoms with E-state index in [1.54, 1.807) is 24.8 Å². The van der Waals surface area contributed by atoms with Gasteiger partial charge in [0.1, 0.15) is 0 Å². The van der Waals surface area contributed by atoms with Crippen LogP contribution in [-0.4, -0.2) is 25.0 Å². The Morgan fingerprint density at radius 1 is 1.08 bits per heavy atom. The Morgan fingerprint density at radius 2 is 1.67 bits per heavy atom. The summed E-state index contributed by atoms with van der Waals surface area (Å²) in [5, 5.41) is 7.76. The van der Waals surface area contributed by atoms with Gasteiger partial charge < -0.3 is 0 Å². The zero-order valence-corrected chi connectivity index (χ0v) is 7.51. The highest BCUT2D eigenvalue weighted by atomic mass is 79.9. The first kappa shape index (κ1) is 7.35. The zero-order valence-electron chi connectivity index (χ0n) is 5.92. The molecule has 2 heterocycles. The average Bonchev–Trinajstić information content (AvgIpc) is 2.58. The molecule has 2 rings (SSSR count). The lowest BCUT2D eigenvalue weighted by molar-refractivity contribution is 0.702. The maximum absolute atomic E-state index is 4.00. The van der Waals surface area contributed by atoms with Crippen molar-refractivity contribution in [2.75, 3.05) is 0 Å². The van der Waals surface area contributed by atoms with Crippen LogP contribution in [0.2, 0.25) is 0 Å². The van der Waals surface area contributed by atoms with Crippen molar-refractivity contribution in [2.24, 2.45) is 0 Å². The van der Waals surface area contributed by atoms with Gasteiger partial charge in [-0.05, 0) is 15.9 Å².